The van der Waals surface area contributed by atoms with Crippen LogP contribution in [0.3, 0.4) is 0 Å². The Kier molecular flexibility index (Phi) is 3.51. The maximum absolute atomic E-state index is 4.58. The van der Waals surface area contributed by atoms with Crippen LogP contribution in [0.15, 0.2) is 18.7 Å². The molecule has 0 radical (unpaired) electrons. The predicted octanol–water partition coefficient (Wildman–Crippen LogP) is 3.21. The van der Waals surface area contributed by atoms with Crippen molar-refractivity contribution in [2.45, 2.75) is 51.6 Å². The van der Waals surface area contributed by atoms with Gasteiger partial charge in [0, 0.05) is 13.2 Å². The minimum Gasteiger partial charge on any atom is -0.374 e. The zero-order valence-electron chi connectivity index (χ0n) is 12.5. The van der Waals surface area contributed by atoms with E-state index in [1.54, 1.807) is 0 Å². The molecule has 1 N–H and O–H groups in total. The van der Waals surface area contributed by atoms with Crippen LogP contribution in [0.4, 0.5) is 5.69 Å². The van der Waals surface area contributed by atoms with E-state index in [2.05, 4.69) is 33.9 Å². The second-order valence-corrected chi connectivity index (χ2v) is 5.86. The molecule has 1 aliphatic carbocycles. The third kappa shape index (κ3) is 2.44. The normalized spacial score (nSPS) is 17.6. The van der Waals surface area contributed by atoms with Gasteiger partial charge in [-0.05, 0) is 26.7 Å². The molecule has 20 heavy (non-hydrogen) atoms. The van der Waals surface area contributed by atoms with Crippen LogP contribution in [0.5, 0.6) is 0 Å². The molecule has 3 rings (SSSR count). The number of aromatic nitrogens is 4. The van der Waals surface area contributed by atoms with E-state index in [1.807, 2.05) is 30.3 Å². The standard InChI is InChI=1S/C15H23N5/c1-11(15-9-19(3)10-16-15)18-14-8-17-20(12(14)2)13-6-4-5-7-13/h8-11,13,18H,4-7H2,1-3H3. The van der Waals surface area contributed by atoms with Crippen molar-refractivity contribution < 1.29 is 0 Å². The van der Waals surface area contributed by atoms with Crippen molar-refractivity contribution in [3.63, 3.8) is 0 Å². The van der Waals surface area contributed by atoms with Gasteiger partial charge in [0.2, 0.25) is 0 Å². The first kappa shape index (κ1) is 13.2. The Morgan fingerprint density at radius 3 is 2.75 bits per heavy atom. The van der Waals surface area contributed by atoms with Gasteiger partial charge in [0.25, 0.3) is 0 Å². The number of hydrogen-bond donors (Lipinski definition) is 1. The highest BCUT2D eigenvalue weighted by atomic mass is 15.3. The van der Waals surface area contributed by atoms with E-state index >= 15 is 0 Å². The van der Waals surface area contributed by atoms with Gasteiger partial charge in [0.05, 0.1) is 41.7 Å². The van der Waals surface area contributed by atoms with E-state index in [1.165, 1.54) is 31.4 Å². The van der Waals surface area contributed by atoms with Crippen molar-refractivity contribution in [2.75, 3.05) is 5.32 Å². The first-order valence-electron chi connectivity index (χ1n) is 7.43. The van der Waals surface area contributed by atoms with Gasteiger partial charge in [0.1, 0.15) is 0 Å². The third-order valence-electron chi connectivity index (χ3n) is 4.26. The maximum atomic E-state index is 4.58. The zero-order valence-corrected chi connectivity index (χ0v) is 12.5. The molecule has 0 amide bonds. The SMILES string of the molecule is Cc1c(NC(C)c2cn(C)cn2)cnn1C1CCCC1. The summed E-state index contributed by atoms with van der Waals surface area (Å²) in [5, 5.41) is 8.10. The van der Waals surface area contributed by atoms with Crippen molar-refractivity contribution in [3.05, 3.63) is 30.1 Å². The lowest BCUT2D eigenvalue weighted by atomic mass is 10.2. The quantitative estimate of drug-likeness (QED) is 0.930. The molecule has 2 heterocycles. The Balaban J connectivity index is 1.74. The summed E-state index contributed by atoms with van der Waals surface area (Å²) in [6.45, 7) is 4.29. The maximum Gasteiger partial charge on any atom is 0.0947 e. The summed E-state index contributed by atoms with van der Waals surface area (Å²) in [5.41, 5.74) is 3.41. The van der Waals surface area contributed by atoms with Crippen LogP contribution in [-0.2, 0) is 7.05 Å². The molecule has 1 aliphatic rings. The molecule has 1 fully saturated rings. The van der Waals surface area contributed by atoms with Crippen molar-refractivity contribution >= 4 is 5.69 Å². The van der Waals surface area contributed by atoms with Gasteiger partial charge in [0.15, 0.2) is 0 Å². The molecule has 0 aliphatic heterocycles. The average Bonchev–Trinajstić information content (AvgIpc) is 3.12. The molecule has 1 atom stereocenters. The van der Waals surface area contributed by atoms with Crippen LogP contribution in [0, 0.1) is 6.92 Å². The number of aryl methyl sites for hydroxylation is 1. The molecule has 0 aromatic carbocycles. The van der Waals surface area contributed by atoms with E-state index in [9.17, 15) is 0 Å². The highest BCUT2D eigenvalue weighted by Gasteiger charge is 2.21. The molecule has 0 spiro atoms. The number of imidazole rings is 1. The molecular formula is C15H23N5. The Hall–Kier alpha value is -1.78. The van der Waals surface area contributed by atoms with Crippen LogP contribution < -0.4 is 5.32 Å². The smallest absolute Gasteiger partial charge is 0.0947 e. The lowest BCUT2D eigenvalue weighted by Crippen LogP contribution is -2.10. The van der Waals surface area contributed by atoms with Gasteiger partial charge in [-0.15, -0.1) is 0 Å². The molecule has 0 bridgehead atoms. The van der Waals surface area contributed by atoms with Gasteiger partial charge < -0.3 is 9.88 Å². The van der Waals surface area contributed by atoms with Gasteiger partial charge in [-0.2, -0.15) is 5.10 Å². The number of anilines is 1. The molecule has 5 nitrogen and oxygen atoms in total. The molecule has 1 unspecified atom stereocenters. The van der Waals surface area contributed by atoms with Crippen LogP contribution in [-0.4, -0.2) is 19.3 Å². The lowest BCUT2D eigenvalue weighted by Gasteiger charge is -2.15. The molecule has 108 valence electrons. The first-order chi connectivity index (χ1) is 9.65. The Morgan fingerprint density at radius 1 is 1.35 bits per heavy atom. The number of nitrogens with zero attached hydrogens (tertiary/aromatic N) is 4. The monoisotopic (exact) mass is 273 g/mol. The number of nitrogens with one attached hydrogen (secondary N) is 1. The highest BCUT2D eigenvalue weighted by molar-refractivity contribution is 5.47. The summed E-state index contributed by atoms with van der Waals surface area (Å²) in [7, 11) is 1.99. The fourth-order valence-corrected chi connectivity index (χ4v) is 3.05. The van der Waals surface area contributed by atoms with E-state index in [-0.39, 0.29) is 6.04 Å². The van der Waals surface area contributed by atoms with Gasteiger partial charge in [-0.25, -0.2) is 4.98 Å². The Morgan fingerprint density at radius 2 is 2.10 bits per heavy atom. The summed E-state index contributed by atoms with van der Waals surface area (Å²) in [5.74, 6) is 0. The van der Waals surface area contributed by atoms with Gasteiger partial charge in [-0.1, -0.05) is 12.8 Å². The summed E-state index contributed by atoms with van der Waals surface area (Å²) in [6, 6.07) is 0.784. The molecule has 0 saturated heterocycles. The predicted molar refractivity (Wildman–Crippen MR) is 79.7 cm³/mol. The lowest BCUT2D eigenvalue weighted by molar-refractivity contribution is 0.457. The Labute approximate surface area is 120 Å². The van der Waals surface area contributed by atoms with Crippen LogP contribution in [0.1, 0.15) is 56.1 Å². The van der Waals surface area contributed by atoms with Gasteiger partial charge >= 0.3 is 0 Å². The Bertz CT molecular complexity index is 577. The van der Waals surface area contributed by atoms with Crippen LogP contribution >= 0.6 is 0 Å². The second kappa shape index (κ2) is 5.31. The zero-order chi connectivity index (χ0) is 14.1. The van der Waals surface area contributed by atoms with Crippen LogP contribution in [0.2, 0.25) is 0 Å². The summed E-state index contributed by atoms with van der Waals surface area (Å²) < 4.78 is 4.17. The third-order valence-corrected chi connectivity index (χ3v) is 4.26. The number of rotatable bonds is 4. The van der Waals surface area contributed by atoms with Crippen molar-refractivity contribution in [3.8, 4) is 0 Å². The first-order valence-corrected chi connectivity index (χ1v) is 7.43. The van der Waals surface area contributed by atoms with Gasteiger partial charge in [-0.3, -0.25) is 4.68 Å². The molecule has 1 saturated carbocycles. The van der Waals surface area contributed by atoms with E-state index < -0.39 is 0 Å². The fourth-order valence-electron chi connectivity index (χ4n) is 3.05. The van der Waals surface area contributed by atoms with Crippen molar-refractivity contribution in [2.24, 2.45) is 7.05 Å². The summed E-state index contributed by atoms with van der Waals surface area (Å²) in [4.78, 5) is 4.40. The average molecular weight is 273 g/mol. The molecule has 2 aromatic rings. The minimum absolute atomic E-state index is 0.191. The molecule has 2 aromatic heterocycles. The van der Waals surface area contributed by atoms with Crippen molar-refractivity contribution in [1.29, 1.82) is 0 Å². The summed E-state index contributed by atoms with van der Waals surface area (Å²) in [6.07, 6.45) is 11.0. The minimum atomic E-state index is 0.191. The molecular weight excluding hydrogens is 250 g/mol. The molecule has 5 heteroatoms. The second-order valence-electron chi connectivity index (χ2n) is 5.86. The largest absolute Gasteiger partial charge is 0.374 e. The van der Waals surface area contributed by atoms with Crippen molar-refractivity contribution in [1.82, 2.24) is 19.3 Å². The van der Waals surface area contributed by atoms with E-state index in [4.69, 9.17) is 0 Å². The number of hydrogen-bond acceptors (Lipinski definition) is 3. The fraction of sp³-hybridized carbons (Fsp3) is 0.600. The highest BCUT2D eigenvalue weighted by Crippen LogP contribution is 2.32. The van der Waals surface area contributed by atoms with Crippen LogP contribution in [0.25, 0.3) is 0 Å². The van der Waals surface area contributed by atoms with E-state index in [0.29, 0.717) is 6.04 Å². The van der Waals surface area contributed by atoms with E-state index in [0.717, 1.165) is 11.4 Å². The summed E-state index contributed by atoms with van der Waals surface area (Å²) >= 11 is 0. The topological polar surface area (TPSA) is 47.7 Å².